The summed E-state index contributed by atoms with van der Waals surface area (Å²) in [4.78, 5) is 24.0. The Kier molecular flexibility index (Phi) is 8.56. The van der Waals surface area contributed by atoms with Crippen LogP contribution in [0.5, 0.6) is 11.5 Å². The molecule has 0 spiro atoms. The Hall–Kier alpha value is -2.02. The molecule has 1 heterocycles. The Labute approximate surface area is 180 Å². The highest BCUT2D eigenvalue weighted by molar-refractivity contribution is 9.09. The molecule has 0 fully saturated rings. The van der Waals surface area contributed by atoms with E-state index in [0.29, 0.717) is 36.3 Å². The molecule has 0 aromatic heterocycles. The highest BCUT2D eigenvalue weighted by Crippen LogP contribution is 2.42. The van der Waals surface area contributed by atoms with Crippen LogP contribution in [0.3, 0.4) is 0 Å². The number of esters is 2. The zero-order valence-corrected chi connectivity index (χ0v) is 19.1. The van der Waals surface area contributed by atoms with Gasteiger partial charge in [0.2, 0.25) is 0 Å². The van der Waals surface area contributed by atoms with Crippen molar-refractivity contribution >= 4 is 27.9 Å². The van der Waals surface area contributed by atoms with Gasteiger partial charge in [-0.25, -0.2) is 4.79 Å². The Morgan fingerprint density at radius 2 is 2.14 bits per heavy atom. The van der Waals surface area contributed by atoms with Gasteiger partial charge in [-0.2, -0.15) is 0 Å². The van der Waals surface area contributed by atoms with E-state index >= 15 is 0 Å². The molecule has 0 aliphatic carbocycles. The van der Waals surface area contributed by atoms with Crippen molar-refractivity contribution in [3.05, 3.63) is 33.9 Å². The second-order valence-corrected chi connectivity index (χ2v) is 7.90. The summed E-state index contributed by atoms with van der Waals surface area (Å²) in [5.74, 6) is -0.193. The van der Waals surface area contributed by atoms with Gasteiger partial charge in [0, 0.05) is 16.5 Å². The molecule has 0 saturated heterocycles. The zero-order chi connectivity index (χ0) is 21.6. The number of rotatable bonds is 10. The lowest BCUT2D eigenvalue weighted by Gasteiger charge is -2.18. The third-order valence-electron chi connectivity index (χ3n) is 5.32. The molecule has 0 bridgehead atoms. The molecule has 0 saturated carbocycles. The molecule has 160 valence electrons. The standard InChI is InChI=1S/C22H29BrO6/c1-5-28-18(24)11-15(7-6-10-23)13(2)8-9-16-20(25)19-17(12-29-22(19)26)14(3)21(16)27-4/h8,15,25H,5-7,9-12H2,1-4H3. The minimum Gasteiger partial charge on any atom is -0.507 e. The number of allylic oxidation sites excluding steroid dienone is 2. The van der Waals surface area contributed by atoms with Gasteiger partial charge in [-0.15, -0.1) is 0 Å². The number of hydrogen-bond acceptors (Lipinski definition) is 6. The fourth-order valence-electron chi connectivity index (χ4n) is 3.69. The molecular weight excluding hydrogens is 440 g/mol. The number of ether oxygens (including phenoxy) is 3. The minimum absolute atomic E-state index is 0.0558. The molecule has 1 aliphatic heterocycles. The highest BCUT2D eigenvalue weighted by Gasteiger charge is 2.32. The van der Waals surface area contributed by atoms with E-state index < -0.39 is 5.97 Å². The summed E-state index contributed by atoms with van der Waals surface area (Å²) in [6.07, 6.45) is 4.48. The van der Waals surface area contributed by atoms with Gasteiger partial charge in [-0.3, -0.25) is 4.79 Å². The highest BCUT2D eigenvalue weighted by atomic mass is 79.9. The number of alkyl halides is 1. The first-order valence-corrected chi connectivity index (χ1v) is 10.9. The van der Waals surface area contributed by atoms with Crippen LogP contribution in [0.1, 0.15) is 60.2 Å². The van der Waals surface area contributed by atoms with Crippen LogP contribution in [-0.2, 0) is 27.3 Å². The van der Waals surface area contributed by atoms with Crippen LogP contribution in [0.4, 0.5) is 0 Å². The quantitative estimate of drug-likeness (QED) is 0.306. The lowest BCUT2D eigenvalue weighted by Crippen LogP contribution is -2.13. The first-order valence-electron chi connectivity index (χ1n) is 9.82. The van der Waals surface area contributed by atoms with Gasteiger partial charge in [0.25, 0.3) is 0 Å². The average molecular weight is 469 g/mol. The van der Waals surface area contributed by atoms with Crippen molar-refractivity contribution in [3.8, 4) is 11.5 Å². The number of hydrogen-bond donors (Lipinski definition) is 1. The van der Waals surface area contributed by atoms with Crippen molar-refractivity contribution in [2.45, 2.75) is 53.1 Å². The third-order valence-corrected chi connectivity index (χ3v) is 5.89. The maximum atomic E-state index is 12.0. The van der Waals surface area contributed by atoms with Crippen LogP contribution < -0.4 is 4.74 Å². The summed E-state index contributed by atoms with van der Waals surface area (Å²) < 4.78 is 15.7. The molecule has 0 radical (unpaired) electrons. The van der Waals surface area contributed by atoms with Crippen molar-refractivity contribution in [1.29, 1.82) is 0 Å². The van der Waals surface area contributed by atoms with Gasteiger partial charge in [0.15, 0.2) is 0 Å². The fourth-order valence-corrected chi connectivity index (χ4v) is 4.02. The molecule has 29 heavy (non-hydrogen) atoms. The van der Waals surface area contributed by atoms with Gasteiger partial charge in [0.05, 0.1) is 20.1 Å². The summed E-state index contributed by atoms with van der Waals surface area (Å²) in [5.41, 5.74) is 3.30. The maximum absolute atomic E-state index is 12.0. The molecule has 6 nitrogen and oxygen atoms in total. The Balaban J connectivity index is 2.32. The molecule has 1 aromatic carbocycles. The van der Waals surface area contributed by atoms with E-state index in [1.54, 1.807) is 14.0 Å². The Morgan fingerprint density at radius 3 is 2.76 bits per heavy atom. The van der Waals surface area contributed by atoms with E-state index in [1.165, 1.54) is 0 Å². The van der Waals surface area contributed by atoms with Gasteiger partial charge in [-0.1, -0.05) is 27.6 Å². The second-order valence-electron chi connectivity index (χ2n) is 7.10. The van der Waals surface area contributed by atoms with Gasteiger partial charge < -0.3 is 19.3 Å². The molecule has 7 heteroatoms. The van der Waals surface area contributed by atoms with Crippen LogP contribution in [0.2, 0.25) is 0 Å². The molecule has 1 aliphatic rings. The van der Waals surface area contributed by atoms with E-state index in [2.05, 4.69) is 15.9 Å². The summed E-state index contributed by atoms with van der Waals surface area (Å²) in [6.45, 7) is 6.15. The first-order chi connectivity index (χ1) is 13.8. The predicted molar refractivity (Wildman–Crippen MR) is 114 cm³/mol. The van der Waals surface area contributed by atoms with E-state index in [0.717, 1.165) is 29.3 Å². The minimum atomic E-state index is -0.511. The van der Waals surface area contributed by atoms with Crippen molar-refractivity contribution in [3.63, 3.8) is 0 Å². The molecular formula is C22H29BrO6. The lowest BCUT2D eigenvalue weighted by molar-refractivity contribution is -0.144. The molecule has 1 aromatic rings. The van der Waals surface area contributed by atoms with Crippen LogP contribution in [-0.4, -0.2) is 36.1 Å². The molecule has 1 atom stereocenters. The Bertz CT molecular complexity index is 799. The van der Waals surface area contributed by atoms with Crippen molar-refractivity contribution in [1.82, 2.24) is 0 Å². The van der Waals surface area contributed by atoms with Crippen molar-refractivity contribution in [2.75, 3.05) is 19.0 Å². The third kappa shape index (κ3) is 5.32. The topological polar surface area (TPSA) is 82.1 Å². The molecule has 1 N–H and O–H groups in total. The number of aromatic hydroxyl groups is 1. The van der Waals surface area contributed by atoms with Crippen LogP contribution in [0, 0.1) is 12.8 Å². The van der Waals surface area contributed by atoms with E-state index in [-0.39, 0.29) is 29.8 Å². The summed E-state index contributed by atoms with van der Waals surface area (Å²) in [6, 6.07) is 0. The van der Waals surface area contributed by atoms with E-state index in [1.807, 2.05) is 19.9 Å². The number of halogens is 1. The number of phenols is 1. The molecule has 0 amide bonds. The smallest absolute Gasteiger partial charge is 0.342 e. The first kappa shape index (κ1) is 23.3. The lowest BCUT2D eigenvalue weighted by atomic mass is 9.90. The van der Waals surface area contributed by atoms with Crippen LogP contribution >= 0.6 is 15.9 Å². The predicted octanol–water partition coefficient (Wildman–Crippen LogP) is 4.61. The molecule has 1 unspecified atom stereocenters. The zero-order valence-electron chi connectivity index (χ0n) is 17.5. The summed E-state index contributed by atoms with van der Waals surface area (Å²) >= 11 is 3.44. The number of carbonyl (C=O) groups is 2. The van der Waals surface area contributed by atoms with Crippen molar-refractivity contribution < 1.29 is 28.9 Å². The van der Waals surface area contributed by atoms with E-state index in [4.69, 9.17) is 14.2 Å². The molecule has 2 rings (SSSR count). The van der Waals surface area contributed by atoms with Gasteiger partial charge in [0.1, 0.15) is 23.7 Å². The number of carbonyl (C=O) groups excluding carboxylic acids is 2. The SMILES string of the molecule is CCOC(=O)CC(CCCBr)C(C)=CCc1c(O)c2c(c(C)c1OC)COC2=O. The number of benzene rings is 1. The second kappa shape index (κ2) is 10.7. The maximum Gasteiger partial charge on any atom is 0.342 e. The number of fused-ring (bicyclic) bond motifs is 1. The Morgan fingerprint density at radius 1 is 1.41 bits per heavy atom. The van der Waals surface area contributed by atoms with Crippen LogP contribution in [0.25, 0.3) is 0 Å². The largest absolute Gasteiger partial charge is 0.507 e. The van der Waals surface area contributed by atoms with Gasteiger partial charge in [-0.05, 0) is 51.5 Å². The van der Waals surface area contributed by atoms with Crippen molar-refractivity contribution in [2.24, 2.45) is 5.92 Å². The fraction of sp³-hybridized carbons (Fsp3) is 0.545. The van der Waals surface area contributed by atoms with Crippen LogP contribution in [0.15, 0.2) is 11.6 Å². The summed E-state index contributed by atoms with van der Waals surface area (Å²) in [5, 5.41) is 11.6. The monoisotopic (exact) mass is 468 g/mol. The number of cyclic esters (lactones) is 1. The van der Waals surface area contributed by atoms with E-state index in [9.17, 15) is 14.7 Å². The normalized spacial score (nSPS) is 14.4. The van der Waals surface area contributed by atoms with Gasteiger partial charge >= 0.3 is 11.9 Å². The summed E-state index contributed by atoms with van der Waals surface area (Å²) in [7, 11) is 1.55. The number of methoxy groups -OCH3 is 1. The number of phenolic OH excluding ortho intramolecular Hbond substituents is 1. The average Bonchev–Trinajstić information content (AvgIpc) is 3.08.